The summed E-state index contributed by atoms with van der Waals surface area (Å²) in [7, 11) is 0. The molecule has 0 saturated carbocycles. The van der Waals surface area contributed by atoms with Gasteiger partial charge in [-0.25, -0.2) is 4.99 Å². The molecule has 2 aromatic carbocycles. The fraction of sp³-hybridized carbons (Fsp3) is 0.617. The Kier molecular flexibility index (Phi) is 26.5. The molecule has 2 heteroatoms. The van der Waals surface area contributed by atoms with Crippen LogP contribution < -0.4 is 0 Å². The smallest absolute Gasteiger partial charge is 0.135 e. The maximum atomic E-state index is 5.11. The average Bonchev–Trinajstić information content (AvgIpc) is 3.13. The summed E-state index contributed by atoms with van der Waals surface area (Å²) in [4.78, 5) is 10.2. The van der Waals surface area contributed by atoms with Crippen molar-refractivity contribution in [2.24, 2.45) is 9.98 Å². The van der Waals surface area contributed by atoms with Crippen molar-refractivity contribution in [3.8, 4) is 23.7 Å². The van der Waals surface area contributed by atoms with Crippen LogP contribution in [0.1, 0.15) is 193 Å². The number of nitrogens with zero attached hydrogens (tertiary/aromatic N) is 2. The largest absolute Gasteiger partial charge is 0.251 e. The van der Waals surface area contributed by atoms with E-state index in [0.717, 1.165) is 60.5 Å². The minimum Gasteiger partial charge on any atom is -0.251 e. The van der Waals surface area contributed by atoms with Crippen molar-refractivity contribution in [2.75, 3.05) is 0 Å². The molecule has 0 atom stereocenters. The molecule has 0 bridgehead atoms. The van der Waals surface area contributed by atoms with Gasteiger partial charge in [-0.3, -0.25) is 4.99 Å². The van der Waals surface area contributed by atoms with Crippen LogP contribution in [0.4, 0.5) is 11.4 Å². The number of rotatable bonds is 27. The van der Waals surface area contributed by atoms with Gasteiger partial charge >= 0.3 is 0 Å². The first-order valence-electron chi connectivity index (χ1n) is 20.6. The van der Waals surface area contributed by atoms with Crippen molar-refractivity contribution in [3.05, 3.63) is 60.2 Å². The number of aliphatic imine (C=N–C) groups is 2. The van der Waals surface area contributed by atoms with Crippen molar-refractivity contribution < 1.29 is 0 Å². The van der Waals surface area contributed by atoms with E-state index in [2.05, 4.69) is 93.0 Å². The lowest BCUT2D eigenvalue weighted by Gasteiger charge is -2.07. The minimum absolute atomic E-state index is 0.816. The maximum Gasteiger partial charge on any atom is 0.135 e. The van der Waals surface area contributed by atoms with E-state index in [1.54, 1.807) is 0 Å². The summed E-state index contributed by atoms with van der Waals surface area (Å²) in [6.07, 6.45) is 33.1. The number of unbranched alkanes of at least 4 members (excludes halogenated alkanes) is 22. The zero-order chi connectivity index (χ0) is 34.9. The van der Waals surface area contributed by atoms with E-state index in [1.807, 2.05) is 6.07 Å². The van der Waals surface area contributed by atoms with Crippen LogP contribution in [0.5, 0.6) is 0 Å². The second kappa shape index (κ2) is 30.9. The van der Waals surface area contributed by atoms with E-state index in [0.29, 0.717) is 0 Å². The molecule has 0 aliphatic carbocycles. The van der Waals surface area contributed by atoms with Gasteiger partial charge < -0.3 is 0 Å². The first-order valence-corrected chi connectivity index (χ1v) is 20.6. The Morgan fingerprint density at radius 1 is 0.449 bits per heavy atom. The second-order valence-electron chi connectivity index (χ2n) is 13.8. The molecule has 2 aromatic rings. The van der Waals surface area contributed by atoms with E-state index in [-0.39, 0.29) is 0 Å². The highest BCUT2D eigenvalue weighted by Gasteiger charge is 2.09. The molecule has 49 heavy (non-hydrogen) atoms. The summed E-state index contributed by atoms with van der Waals surface area (Å²) in [6.45, 7) is 6.83. The van der Waals surface area contributed by atoms with Gasteiger partial charge in [-0.1, -0.05) is 185 Å². The van der Waals surface area contributed by atoms with Crippen molar-refractivity contribution in [2.45, 2.75) is 188 Å². The van der Waals surface area contributed by atoms with Crippen molar-refractivity contribution in [3.63, 3.8) is 0 Å². The van der Waals surface area contributed by atoms with Crippen LogP contribution in [0.25, 0.3) is 0 Å². The van der Waals surface area contributed by atoms with Gasteiger partial charge in [0.2, 0.25) is 0 Å². The normalized spacial score (nSPS) is 11.6. The Balaban J connectivity index is 1.99. The molecule has 0 aliphatic rings. The summed E-state index contributed by atoms with van der Waals surface area (Å²) in [5.41, 5.74) is 4.77. The summed E-state index contributed by atoms with van der Waals surface area (Å²) >= 11 is 0. The standard InChI is InChI=1S/C47H70N2/c1-4-7-10-13-16-17-18-19-20-21-22-24-25-29-34-43-39-41-45(42-40-43)49-47(38-33-27-23-14-11-8-5-2)46(37-32-26-15-12-9-6-3)48-44-35-30-28-31-36-44/h28,30-31,35-36,39-42H,4-27,32,37H2,1-3H3. The van der Waals surface area contributed by atoms with Crippen LogP contribution in [0, 0.1) is 23.7 Å². The average molecular weight is 663 g/mol. The fourth-order valence-corrected chi connectivity index (χ4v) is 6.05. The highest BCUT2D eigenvalue weighted by molar-refractivity contribution is 6.49. The number of hydrogen-bond donors (Lipinski definition) is 0. The first-order chi connectivity index (χ1) is 24.3. The minimum atomic E-state index is 0.816. The summed E-state index contributed by atoms with van der Waals surface area (Å²) < 4.78 is 0. The molecule has 0 N–H and O–H groups in total. The van der Waals surface area contributed by atoms with E-state index >= 15 is 0 Å². The highest BCUT2D eigenvalue weighted by atomic mass is 14.8. The molecule has 0 unspecified atom stereocenters. The molecule has 0 aromatic heterocycles. The van der Waals surface area contributed by atoms with Gasteiger partial charge in [0.05, 0.1) is 17.1 Å². The van der Waals surface area contributed by atoms with Gasteiger partial charge in [-0.15, -0.1) is 0 Å². The Bertz CT molecular complexity index is 1250. The molecule has 0 fully saturated rings. The molecule has 0 spiro atoms. The Morgan fingerprint density at radius 2 is 0.898 bits per heavy atom. The van der Waals surface area contributed by atoms with E-state index in [1.165, 1.54) is 135 Å². The lowest BCUT2D eigenvalue weighted by molar-refractivity contribution is 0.545. The lowest BCUT2D eigenvalue weighted by Crippen LogP contribution is -2.12. The summed E-state index contributed by atoms with van der Waals surface area (Å²) in [6, 6.07) is 18.7. The van der Waals surface area contributed by atoms with Gasteiger partial charge in [0.25, 0.3) is 0 Å². The third-order valence-corrected chi connectivity index (χ3v) is 9.17. The first kappa shape index (κ1) is 42.1. The van der Waals surface area contributed by atoms with Gasteiger partial charge in [0.1, 0.15) is 5.71 Å². The zero-order valence-corrected chi connectivity index (χ0v) is 32.0. The summed E-state index contributed by atoms with van der Waals surface area (Å²) in [5, 5.41) is 0. The fourth-order valence-electron chi connectivity index (χ4n) is 6.05. The van der Waals surface area contributed by atoms with Gasteiger partial charge in [0, 0.05) is 18.4 Å². The molecule has 0 amide bonds. The van der Waals surface area contributed by atoms with Crippen LogP contribution in [0.15, 0.2) is 64.6 Å². The van der Waals surface area contributed by atoms with Crippen molar-refractivity contribution >= 4 is 22.8 Å². The Labute approximate surface area is 303 Å². The molecule has 0 radical (unpaired) electrons. The van der Waals surface area contributed by atoms with Gasteiger partial charge in [-0.2, -0.15) is 0 Å². The highest BCUT2D eigenvalue weighted by Crippen LogP contribution is 2.19. The third-order valence-electron chi connectivity index (χ3n) is 9.17. The predicted molar refractivity (Wildman–Crippen MR) is 219 cm³/mol. The zero-order valence-electron chi connectivity index (χ0n) is 32.0. The van der Waals surface area contributed by atoms with Crippen LogP contribution >= 0.6 is 0 Å². The topological polar surface area (TPSA) is 24.7 Å². The van der Waals surface area contributed by atoms with E-state index in [4.69, 9.17) is 9.98 Å². The molecule has 0 heterocycles. The number of para-hydroxylation sites is 1. The van der Waals surface area contributed by atoms with Crippen molar-refractivity contribution in [1.82, 2.24) is 0 Å². The van der Waals surface area contributed by atoms with Crippen LogP contribution in [0.2, 0.25) is 0 Å². The lowest BCUT2D eigenvalue weighted by atomic mass is 10.0. The molecular formula is C47H70N2. The van der Waals surface area contributed by atoms with Crippen LogP contribution in [0.3, 0.4) is 0 Å². The molecule has 2 rings (SSSR count). The van der Waals surface area contributed by atoms with E-state index in [9.17, 15) is 0 Å². The second-order valence-corrected chi connectivity index (χ2v) is 13.8. The Hall–Kier alpha value is -3.10. The number of benzene rings is 2. The SMILES string of the molecule is CCCCCCCC#CC(=Nc1ccc(C#CCCCCCCCCCCCCCC)cc1)C(CCCCCCCC)=Nc1ccccc1. The predicted octanol–water partition coefficient (Wildman–Crippen LogP) is 15.1. The Morgan fingerprint density at radius 3 is 1.43 bits per heavy atom. The third kappa shape index (κ3) is 23.0. The van der Waals surface area contributed by atoms with Gasteiger partial charge in [-0.05, 0) is 68.0 Å². The monoisotopic (exact) mass is 663 g/mol. The summed E-state index contributed by atoms with van der Waals surface area (Å²) in [5.74, 6) is 13.7. The quantitative estimate of drug-likeness (QED) is 0.0517. The van der Waals surface area contributed by atoms with Crippen molar-refractivity contribution in [1.29, 1.82) is 0 Å². The molecular weight excluding hydrogens is 593 g/mol. The molecule has 2 nitrogen and oxygen atoms in total. The molecule has 0 aliphatic heterocycles. The van der Waals surface area contributed by atoms with Crippen LogP contribution in [-0.4, -0.2) is 11.4 Å². The van der Waals surface area contributed by atoms with Gasteiger partial charge in [0.15, 0.2) is 0 Å². The number of hydrogen-bond acceptors (Lipinski definition) is 2. The maximum absolute atomic E-state index is 5.11. The molecule has 0 saturated heterocycles. The van der Waals surface area contributed by atoms with E-state index < -0.39 is 0 Å². The van der Waals surface area contributed by atoms with Crippen LogP contribution in [-0.2, 0) is 0 Å². The molecule has 268 valence electrons.